The predicted molar refractivity (Wildman–Crippen MR) is 79.8 cm³/mol. The van der Waals surface area contributed by atoms with Gasteiger partial charge in [0.25, 0.3) is 5.91 Å². The van der Waals surface area contributed by atoms with Crippen molar-refractivity contribution in [3.05, 3.63) is 28.2 Å². The summed E-state index contributed by atoms with van der Waals surface area (Å²) in [5, 5.41) is 12.4. The molecule has 0 aliphatic heterocycles. The zero-order chi connectivity index (χ0) is 15.0. The zero-order valence-electron chi connectivity index (χ0n) is 11.7. The van der Waals surface area contributed by atoms with Crippen LogP contribution in [-0.4, -0.2) is 37.9 Å². The Balaban J connectivity index is 2.47. The highest BCUT2D eigenvalue weighted by molar-refractivity contribution is 9.10. The van der Waals surface area contributed by atoms with Crippen molar-refractivity contribution in [3.63, 3.8) is 0 Å². The van der Waals surface area contributed by atoms with Gasteiger partial charge in [-0.05, 0) is 31.5 Å². The number of methoxy groups -OCH3 is 1. The Morgan fingerprint density at radius 1 is 1.50 bits per heavy atom. The highest BCUT2D eigenvalue weighted by atomic mass is 79.9. The third-order valence-corrected chi connectivity index (χ3v) is 3.12. The molecule has 0 aromatic heterocycles. The molecule has 1 rings (SSSR count). The molecule has 0 aliphatic carbocycles. The summed E-state index contributed by atoms with van der Waals surface area (Å²) in [5.41, 5.74) is 0.645. The van der Waals surface area contributed by atoms with Gasteiger partial charge in [0, 0.05) is 30.3 Å². The van der Waals surface area contributed by atoms with Crippen LogP contribution in [0.15, 0.2) is 22.7 Å². The number of ether oxygens (including phenoxy) is 2. The van der Waals surface area contributed by atoms with E-state index < -0.39 is 6.10 Å². The second kappa shape index (κ2) is 8.94. The molecule has 0 heterocycles. The molecule has 0 saturated carbocycles. The summed E-state index contributed by atoms with van der Waals surface area (Å²) in [6.45, 7) is 2.74. The van der Waals surface area contributed by atoms with E-state index >= 15 is 0 Å². The van der Waals surface area contributed by atoms with Crippen LogP contribution < -0.4 is 10.1 Å². The Morgan fingerprint density at radius 2 is 2.25 bits per heavy atom. The van der Waals surface area contributed by atoms with Crippen LogP contribution in [0.1, 0.15) is 25.0 Å². The third kappa shape index (κ3) is 5.90. The molecule has 0 bridgehead atoms. The lowest BCUT2D eigenvalue weighted by Crippen LogP contribution is -2.30. The van der Waals surface area contributed by atoms with Gasteiger partial charge in [0.2, 0.25) is 0 Å². The quantitative estimate of drug-likeness (QED) is 0.707. The zero-order valence-corrected chi connectivity index (χ0v) is 13.3. The molecule has 0 radical (unpaired) electrons. The van der Waals surface area contributed by atoms with Crippen LogP contribution in [0.3, 0.4) is 0 Å². The van der Waals surface area contributed by atoms with Gasteiger partial charge in [0.1, 0.15) is 5.75 Å². The van der Waals surface area contributed by atoms with E-state index in [1.54, 1.807) is 32.2 Å². The second-order valence-corrected chi connectivity index (χ2v) is 5.26. The second-order valence-electron chi connectivity index (χ2n) is 4.34. The smallest absolute Gasteiger partial charge is 0.257 e. The Kier molecular flexibility index (Phi) is 7.58. The van der Waals surface area contributed by atoms with Gasteiger partial charge in [0.15, 0.2) is 6.61 Å². The van der Waals surface area contributed by atoms with Crippen molar-refractivity contribution in [2.45, 2.75) is 19.4 Å². The van der Waals surface area contributed by atoms with E-state index in [4.69, 9.17) is 9.47 Å². The van der Waals surface area contributed by atoms with Crippen LogP contribution in [0.4, 0.5) is 0 Å². The number of hydrogen-bond donors (Lipinski definition) is 2. The monoisotopic (exact) mass is 345 g/mol. The van der Waals surface area contributed by atoms with E-state index in [-0.39, 0.29) is 12.5 Å². The lowest BCUT2D eigenvalue weighted by Gasteiger charge is -2.13. The molecule has 6 heteroatoms. The first-order valence-electron chi connectivity index (χ1n) is 6.40. The molecule has 20 heavy (non-hydrogen) atoms. The molecule has 112 valence electrons. The minimum Gasteiger partial charge on any atom is -0.483 e. The van der Waals surface area contributed by atoms with Crippen molar-refractivity contribution >= 4 is 21.8 Å². The van der Waals surface area contributed by atoms with Gasteiger partial charge in [-0.3, -0.25) is 4.79 Å². The van der Waals surface area contributed by atoms with Gasteiger partial charge in [0.05, 0.1) is 6.10 Å². The number of hydrogen-bond acceptors (Lipinski definition) is 4. The van der Waals surface area contributed by atoms with Crippen LogP contribution >= 0.6 is 15.9 Å². The number of nitrogens with one attached hydrogen (secondary N) is 1. The Hall–Kier alpha value is -1.11. The van der Waals surface area contributed by atoms with Crippen LogP contribution in [0.25, 0.3) is 0 Å². The molecular formula is C14H20BrNO4. The van der Waals surface area contributed by atoms with Crippen molar-refractivity contribution in [2.24, 2.45) is 0 Å². The minimum atomic E-state index is -0.660. The van der Waals surface area contributed by atoms with Crippen molar-refractivity contribution < 1.29 is 19.4 Å². The van der Waals surface area contributed by atoms with E-state index in [1.807, 2.05) is 0 Å². The molecule has 1 atom stereocenters. The maximum absolute atomic E-state index is 11.6. The molecule has 1 aromatic rings. The Labute approximate surface area is 127 Å². The van der Waals surface area contributed by atoms with Gasteiger partial charge < -0.3 is 19.9 Å². The van der Waals surface area contributed by atoms with Gasteiger partial charge in [-0.1, -0.05) is 15.9 Å². The summed E-state index contributed by atoms with van der Waals surface area (Å²) in [6.07, 6.45) is 0.103. The SMILES string of the molecule is COCCCNC(=O)COc1ccc(Br)cc1[C@@H](C)O. The molecule has 0 spiro atoms. The van der Waals surface area contributed by atoms with Crippen LogP contribution in [0.2, 0.25) is 0 Å². The molecule has 1 aromatic carbocycles. The first-order valence-corrected chi connectivity index (χ1v) is 7.20. The van der Waals surface area contributed by atoms with E-state index in [0.717, 1.165) is 10.9 Å². The number of aliphatic hydroxyl groups is 1. The number of benzene rings is 1. The van der Waals surface area contributed by atoms with Crippen LogP contribution in [0.5, 0.6) is 5.75 Å². The fourth-order valence-corrected chi connectivity index (χ4v) is 1.99. The topological polar surface area (TPSA) is 67.8 Å². The maximum Gasteiger partial charge on any atom is 0.257 e. The highest BCUT2D eigenvalue weighted by Crippen LogP contribution is 2.28. The fourth-order valence-electron chi connectivity index (χ4n) is 1.62. The van der Waals surface area contributed by atoms with Gasteiger partial charge >= 0.3 is 0 Å². The molecule has 5 nitrogen and oxygen atoms in total. The average molecular weight is 346 g/mol. The molecular weight excluding hydrogens is 326 g/mol. The summed E-state index contributed by atoms with van der Waals surface area (Å²) in [7, 11) is 1.62. The number of carbonyl (C=O) groups excluding carboxylic acids is 1. The predicted octanol–water partition coefficient (Wildman–Crippen LogP) is 2.03. The molecule has 0 fully saturated rings. The first-order chi connectivity index (χ1) is 9.54. The highest BCUT2D eigenvalue weighted by Gasteiger charge is 2.11. The minimum absolute atomic E-state index is 0.0751. The standard InChI is InChI=1S/C14H20BrNO4/c1-10(17)12-8-11(15)4-5-13(12)20-9-14(18)16-6-3-7-19-2/h4-5,8,10,17H,3,6-7,9H2,1-2H3,(H,16,18)/t10-/m1/s1. The van der Waals surface area contributed by atoms with E-state index in [1.165, 1.54) is 0 Å². The first kappa shape index (κ1) is 16.9. The Bertz CT molecular complexity index is 437. The number of halogens is 1. The summed E-state index contributed by atoms with van der Waals surface area (Å²) < 4.78 is 11.2. The Morgan fingerprint density at radius 3 is 2.90 bits per heavy atom. The number of aliphatic hydroxyl groups excluding tert-OH is 1. The lowest BCUT2D eigenvalue weighted by molar-refractivity contribution is -0.123. The van der Waals surface area contributed by atoms with E-state index in [2.05, 4.69) is 21.2 Å². The van der Waals surface area contributed by atoms with E-state index in [9.17, 15) is 9.90 Å². The third-order valence-electron chi connectivity index (χ3n) is 2.63. The van der Waals surface area contributed by atoms with Crippen LogP contribution in [-0.2, 0) is 9.53 Å². The van der Waals surface area contributed by atoms with Gasteiger partial charge in [-0.15, -0.1) is 0 Å². The average Bonchev–Trinajstić information content (AvgIpc) is 2.42. The number of rotatable bonds is 8. The van der Waals surface area contributed by atoms with Crippen molar-refractivity contribution in [3.8, 4) is 5.75 Å². The van der Waals surface area contributed by atoms with Gasteiger partial charge in [-0.2, -0.15) is 0 Å². The summed E-state index contributed by atoms with van der Waals surface area (Å²) in [4.78, 5) is 11.6. The summed E-state index contributed by atoms with van der Waals surface area (Å²) in [5.74, 6) is 0.316. The molecule has 2 N–H and O–H groups in total. The fraction of sp³-hybridized carbons (Fsp3) is 0.500. The summed E-state index contributed by atoms with van der Waals surface area (Å²) >= 11 is 3.34. The molecule has 0 aliphatic rings. The van der Waals surface area contributed by atoms with Crippen molar-refractivity contribution in [1.29, 1.82) is 0 Å². The number of carbonyl (C=O) groups is 1. The lowest BCUT2D eigenvalue weighted by atomic mass is 10.1. The molecule has 1 amide bonds. The largest absolute Gasteiger partial charge is 0.483 e. The van der Waals surface area contributed by atoms with E-state index in [0.29, 0.717) is 24.5 Å². The van der Waals surface area contributed by atoms with Crippen molar-refractivity contribution in [2.75, 3.05) is 26.9 Å². The van der Waals surface area contributed by atoms with Crippen molar-refractivity contribution in [1.82, 2.24) is 5.32 Å². The van der Waals surface area contributed by atoms with Crippen LogP contribution in [0, 0.1) is 0 Å². The summed E-state index contributed by atoms with van der Waals surface area (Å²) in [6, 6.07) is 5.30. The normalized spacial score (nSPS) is 12.0. The molecule has 0 unspecified atom stereocenters. The van der Waals surface area contributed by atoms with Gasteiger partial charge in [-0.25, -0.2) is 0 Å². The maximum atomic E-state index is 11.6. The molecule has 0 saturated heterocycles. The number of amides is 1.